The summed E-state index contributed by atoms with van der Waals surface area (Å²) in [5.41, 5.74) is 0.894. The van der Waals surface area contributed by atoms with E-state index < -0.39 is 0 Å². The molecule has 0 fully saturated rings. The summed E-state index contributed by atoms with van der Waals surface area (Å²) < 4.78 is 5.43. The summed E-state index contributed by atoms with van der Waals surface area (Å²) in [6, 6.07) is 5.41. The van der Waals surface area contributed by atoms with E-state index in [-0.39, 0.29) is 0 Å². The Hall–Kier alpha value is -0.440. The lowest BCUT2D eigenvalue weighted by Gasteiger charge is -2.08. The molecular weight excluding hydrogens is 245 g/mol. The topological polar surface area (TPSA) is 21.3 Å². The highest BCUT2D eigenvalue weighted by Crippen LogP contribution is 2.24. The van der Waals surface area contributed by atoms with Gasteiger partial charge in [0.25, 0.3) is 0 Å². The fraction of sp³-hybridized carbons (Fsp3) is 0.500. The molecule has 0 unspecified atom stereocenters. The van der Waals surface area contributed by atoms with E-state index >= 15 is 0 Å². The predicted molar refractivity (Wildman–Crippen MR) is 70.7 cm³/mol. The summed E-state index contributed by atoms with van der Waals surface area (Å²) in [5.74, 6) is 0. The van der Waals surface area contributed by atoms with Gasteiger partial charge in [-0.3, -0.25) is 0 Å². The minimum atomic E-state index is 0.640. The van der Waals surface area contributed by atoms with Crippen LogP contribution in [0.15, 0.2) is 18.2 Å². The third-order valence-corrected chi connectivity index (χ3v) is 2.68. The maximum atomic E-state index is 6.00. The van der Waals surface area contributed by atoms with Crippen LogP contribution in [-0.2, 0) is 4.74 Å². The van der Waals surface area contributed by atoms with Gasteiger partial charge in [-0.15, -0.1) is 0 Å². The molecule has 0 aliphatic heterocycles. The van der Waals surface area contributed by atoms with E-state index in [9.17, 15) is 0 Å². The Kier molecular flexibility index (Phi) is 6.62. The van der Waals surface area contributed by atoms with Gasteiger partial charge in [-0.2, -0.15) is 0 Å². The van der Waals surface area contributed by atoms with Gasteiger partial charge in [-0.05, 0) is 24.6 Å². The normalized spacial score (nSPS) is 10.4. The van der Waals surface area contributed by atoms with E-state index in [0.717, 1.165) is 31.7 Å². The number of rotatable bonds is 7. The average molecular weight is 262 g/mol. The Morgan fingerprint density at radius 1 is 1.25 bits per heavy atom. The number of halogens is 2. The number of nitrogens with one attached hydrogen (secondary N) is 1. The van der Waals surface area contributed by atoms with E-state index in [4.69, 9.17) is 27.9 Å². The molecule has 4 heteroatoms. The Bertz CT molecular complexity index is 318. The molecule has 0 saturated heterocycles. The number of anilines is 1. The first-order valence-corrected chi connectivity index (χ1v) is 6.26. The smallest absolute Gasteiger partial charge is 0.0652 e. The second kappa shape index (κ2) is 7.77. The van der Waals surface area contributed by atoms with Gasteiger partial charge in [0, 0.05) is 18.2 Å². The van der Waals surface area contributed by atoms with Crippen molar-refractivity contribution >= 4 is 28.9 Å². The average Bonchev–Trinajstić information content (AvgIpc) is 2.26. The zero-order chi connectivity index (χ0) is 11.8. The van der Waals surface area contributed by atoms with Gasteiger partial charge in [-0.1, -0.05) is 36.5 Å². The fourth-order valence-corrected chi connectivity index (χ4v) is 1.71. The van der Waals surface area contributed by atoms with Crippen molar-refractivity contribution in [1.29, 1.82) is 0 Å². The maximum absolute atomic E-state index is 6.00. The van der Waals surface area contributed by atoms with Crippen molar-refractivity contribution in [2.75, 3.05) is 25.1 Å². The van der Waals surface area contributed by atoms with Crippen LogP contribution in [0.3, 0.4) is 0 Å². The highest BCUT2D eigenvalue weighted by Gasteiger charge is 1.99. The van der Waals surface area contributed by atoms with Crippen molar-refractivity contribution in [3.63, 3.8) is 0 Å². The van der Waals surface area contributed by atoms with Gasteiger partial charge in [0.2, 0.25) is 0 Å². The van der Waals surface area contributed by atoms with Gasteiger partial charge in [0.05, 0.1) is 17.3 Å². The predicted octanol–water partition coefficient (Wildman–Crippen LogP) is 4.22. The van der Waals surface area contributed by atoms with Gasteiger partial charge < -0.3 is 10.1 Å². The number of hydrogen-bond donors (Lipinski definition) is 1. The first-order valence-electron chi connectivity index (χ1n) is 5.50. The summed E-state index contributed by atoms with van der Waals surface area (Å²) in [7, 11) is 0. The zero-order valence-electron chi connectivity index (χ0n) is 9.43. The molecule has 0 radical (unpaired) electrons. The lowest BCUT2D eigenvalue weighted by atomic mass is 10.3. The Morgan fingerprint density at radius 3 is 2.75 bits per heavy atom. The molecule has 1 aromatic carbocycles. The lowest BCUT2D eigenvalue weighted by molar-refractivity contribution is 0.141. The molecule has 0 aromatic heterocycles. The lowest BCUT2D eigenvalue weighted by Crippen LogP contribution is -2.10. The largest absolute Gasteiger partial charge is 0.382 e. The summed E-state index contributed by atoms with van der Waals surface area (Å²) in [5, 5.41) is 4.49. The summed E-state index contributed by atoms with van der Waals surface area (Å²) in [6.45, 7) is 4.42. The molecule has 90 valence electrons. The quantitative estimate of drug-likeness (QED) is 0.743. The molecule has 0 amide bonds. The molecule has 1 aromatic rings. The zero-order valence-corrected chi connectivity index (χ0v) is 10.9. The molecule has 1 N–H and O–H groups in total. The minimum absolute atomic E-state index is 0.640. The summed E-state index contributed by atoms with van der Waals surface area (Å²) in [6.07, 6.45) is 2.28. The fourth-order valence-electron chi connectivity index (χ4n) is 1.24. The highest BCUT2D eigenvalue weighted by molar-refractivity contribution is 6.36. The van der Waals surface area contributed by atoms with Gasteiger partial charge in [0.1, 0.15) is 0 Å². The molecule has 0 bridgehead atoms. The molecule has 0 spiro atoms. The third kappa shape index (κ3) is 5.06. The molecule has 0 aliphatic rings. The van der Waals surface area contributed by atoms with E-state index in [2.05, 4.69) is 12.2 Å². The second-order valence-corrected chi connectivity index (χ2v) is 4.36. The molecule has 0 heterocycles. The van der Waals surface area contributed by atoms with Gasteiger partial charge >= 0.3 is 0 Å². The van der Waals surface area contributed by atoms with Crippen LogP contribution in [0.2, 0.25) is 10.0 Å². The first kappa shape index (κ1) is 13.6. The number of benzene rings is 1. The van der Waals surface area contributed by atoms with Crippen LogP contribution in [0, 0.1) is 0 Å². The minimum Gasteiger partial charge on any atom is -0.382 e. The third-order valence-electron chi connectivity index (χ3n) is 2.14. The van der Waals surface area contributed by atoms with Crippen molar-refractivity contribution < 1.29 is 4.74 Å². The van der Waals surface area contributed by atoms with Crippen molar-refractivity contribution in [2.45, 2.75) is 19.8 Å². The number of hydrogen-bond acceptors (Lipinski definition) is 2. The van der Waals surface area contributed by atoms with E-state index in [1.165, 1.54) is 0 Å². The van der Waals surface area contributed by atoms with Gasteiger partial charge in [0.15, 0.2) is 0 Å². The Morgan fingerprint density at radius 2 is 2.06 bits per heavy atom. The van der Waals surface area contributed by atoms with Crippen LogP contribution < -0.4 is 5.32 Å². The maximum Gasteiger partial charge on any atom is 0.0652 e. The van der Waals surface area contributed by atoms with Crippen LogP contribution >= 0.6 is 23.2 Å². The Labute approximate surface area is 107 Å². The van der Waals surface area contributed by atoms with E-state index in [1.54, 1.807) is 6.07 Å². The number of unbranched alkanes of at least 4 members (excludes halogenated alkanes) is 1. The summed E-state index contributed by atoms with van der Waals surface area (Å²) >= 11 is 11.8. The Balaban J connectivity index is 2.21. The standard InChI is InChI=1S/C12H17Cl2NO/c1-2-3-7-16-8-6-15-12-5-4-10(13)9-11(12)14/h4-5,9,15H,2-3,6-8H2,1H3. The van der Waals surface area contributed by atoms with E-state index in [0.29, 0.717) is 16.7 Å². The van der Waals surface area contributed by atoms with Crippen LogP contribution in [0.1, 0.15) is 19.8 Å². The van der Waals surface area contributed by atoms with Crippen LogP contribution in [-0.4, -0.2) is 19.8 Å². The highest BCUT2D eigenvalue weighted by atomic mass is 35.5. The molecule has 0 saturated carbocycles. The molecular formula is C12H17Cl2NO. The van der Waals surface area contributed by atoms with Crippen LogP contribution in [0.4, 0.5) is 5.69 Å². The van der Waals surface area contributed by atoms with Crippen molar-refractivity contribution in [3.05, 3.63) is 28.2 Å². The van der Waals surface area contributed by atoms with Gasteiger partial charge in [-0.25, -0.2) is 0 Å². The molecule has 0 atom stereocenters. The van der Waals surface area contributed by atoms with Crippen molar-refractivity contribution in [3.8, 4) is 0 Å². The van der Waals surface area contributed by atoms with Crippen LogP contribution in [0.5, 0.6) is 0 Å². The molecule has 0 aliphatic carbocycles. The molecule has 2 nitrogen and oxygen atoms in total. The molecule has 1 rings (SSSR count). The van der Waals surface area contributed by atoms with E-state index in [1.807, 2.05) is 12.1 Å². The second-order valence-electron chi connectivity index (χ2n) is 3.52. The number of ether oxygens (including phenoxy) is 1. The summed E-state index contributed by atoms with van der Waals surface area (Å²) in [4.78, 5) is 0. The van der Waals surface area contributed by atoms with Crippen molar-refractivity contribution in [2.24, 2.45) is 0 Å². The van der Waals surface area contributed by atoms with Crippen molar-refractivity contribution in [1.82, 2.24) is 0 Å². The van der Waals surface area contributed by atoms with Crippen LogP contribution in [0.25, 0.3) is 0 Å². The molecule has 16 heavy (non-hydrogen) atoms. The first-order chi connectivity index (χ1) is 7.74. The SMILES string of the molecule is CCCCOCCNc1ccc(Cl)cc1Cl. The monoisotopic (exact) mass is 261 g/mol.